The van der Waals surface area contributed by atoms with E-state index in [1.165, 1.54) is 12.1 Å². The molecule has 1 aromatic rings. The lowest BCUT2D eigenvalue weighted by atomic mass is 9.99. The highest BCUT2D eigenvalue weighted by Crippen LogP contribution is 2.24. The van der Waals surface area contributed by atoms with E-state index < -0.39 is 43.5 Å². The summed E-state index contributed by atoms with van der Waals surface area (Å²) >= 11 is 0. The summed E-state index contributed by atoms with van der Waals surface area (Å²) in [5.41, 5.74) is 0. The van der Waals surface area contributed by atoms with Crippen LogP contribution in [0, 0.1) is 0 Å². The summed E-state index contributed by atoms with van der Waals surface area (Å²) in [5, 5.41) is 38.1. The Labute approximate surface area is 130 Å². The van der Waals surface area contributed by atoms with Crippen LogP contribution < -0.4 is 4.74 Å². The predicted molar refractivity (Wildman–Crippen MR) is 70.3 cm³/mol. The Hall–Kier alpha value is -1.69. The van der Waals surface area contributed by atoms with Crippen molar-refractivity contribution in [2.24, 2.45) is 0 Å². The number of aliphatic hydroxyl groups is 4. The van der Waals surface area contributed by atoms with Crippen molar-refractivity contribution in [1.29, 1.82) is 0 Å². The maximum atomic E-state index is 10.9. The third kappa shape index (κ3) is 4.19. The highest BCUT2D eigenvalue weighted by molar-refractivity contribution is 5.62. The molecule has 0 saturated carbocycles. The Kier molecular flexibility index (Phi) is 5.93. The molecule has 0 spiro atoms. The number of ether oxygens (including phenoxy) is 4. The van der Waals surface area contributed by atoms with Gasteiger partial charge in [-0.25, -0.2) is 4.79 Å². The number of furan rings is 1. The zero-order chi connectivity index (χ0) is 17.0. The minimum Gasteiger partial charge on any atom is -0.437 e. The monoisotopic (exact) mass is 334 g/mol. The molecule has 10 nitrogen and oxygen atoms in total. The molecule has 0 radical (unpaired) electrons. The van der Waals surface area contributed by atoms with E-state index in [0.717, 1.165) is 7.11 Å². The van der Waals surface area contributed by atoms with Gasteiger partial charge in [-0.2, -0.15) is 0 Å². The van der Waals surface area contributed by atoms with E-state index in [1.807, 2.05) is 0 Å². The van der Waals surface area contributed by atoms with Crippen LogP contribution in [0.2, 0.25) is 0 Å². The van der Waals surface area contributed by atoms with Gasteiger partial charge in [-0.05, 0) is 6.07 Å². The van der Waals surface area contributed by atoms with Gasteiger partial charge in [0.1, 0.15) is 36.8 Å². The van der Waals surface area contributed by atoms with Crippen LogP contribution in [0.5, 0.6) is 5.95 Å². The molecule has 130 valence electrons. The van der Waals surface area contributed by atoms with E-state index >= 15 is 0 Å². The molecule has 10 heteroatoms. The second kappa shape index (κ2) is 7.73. The first-order valence-corrected chi connectivity index (χ1v) is 6.73. The number of hydrogen-bond donors (Lipinski definition) is 4. The smallest absolute Gasteiger partial charge is 0.437 e. The third-order valence-electron chi connectivity index (χ3n) is 3.23. The summed E-state index contributed by atoms with van der Waals surface area (Å²) in [5.74, 6) is 0.144. The molecule has 1 aromatic heterocycles. The highest BCUT2D eigenvalue weighted by Gasteiger charge is 2.44. The lowest BCUT2D eigenvalue weighted by molar-refractivity contribution is -0.304. The van der Waals surface area contributed by atoms with E-state index in [1.54, 1.807) is 0 Å². The predicted octanol–water partition coefficient (Wildman–Crippen LogP) is -1.26. The Bertz CT molecular complexity index is 513. The third-order valence-corrected chi connectivity index (χ3v) is 3.23. The van der Waals surface area contributed by atoms with Gasteiger partial charge in [0.05, 0.1) is 13.7 Å². The minimum absolute atomic E-state index is 0.107. The summed E-state index contributed by atoms with van der Waals surface area (Å²) in [6.45, 7) is -0.726. The number of hydrogen-bond acceptors (Lipinski definition) is 10. The molecule has 0 amide bonds. The molecule has 4 N–H and O–H groups in total. The summed E-state index contributed by atoms with van der Waals surface area (Å²) in [7, 11) is 1.15. The molecule has 1 saturated heterocycles. The Balaban J connectivity index is 1.91. The van der Waals surface area contributed by atoms with Gasteiger partial charge in [-0.15, -0.1) is 0 Å². The van der Waals surface area contributed by atoms with Crippen molar-refractivity contribution in [2.45, 2.75) is 37.3 Å². The number of aliphatic hydroxyl groups excluding tert-OH is 4. The average molecular weight is 334 g/mol. The van der Waals surface area contributed by atoms with Crippen LogP contribution in [0.4, 0.5) is 4.79 Å². The molecule has 0 unspecified atom stereocenters. The molecule has 1 fully saturated rings. The minimum atomic E-state index is -1.53. The van der Waals surface area contributed by atoms with Crippen LogP contribution in [0.15, 0.2) is 16.5 Å². The van der Waals surface area contributed by atoms with Crippen molar-refractivity contribution in [3.05, 3.63) is 17.9 Å². The van der Waals surface area contributed by atoms with Crippen LogP contribution in [-0.2, 0) is 20.8 Å². The molecular weight excluding hydrogens is 316 g/mol. The van der Waals surface area contributed by atoms with Gasteiger partial charge in [0, 0.05) is 6.07 Å². The molecule has 0 aliphatic carbocycles. The van der Waals surface area contributed by atoms with Crippen LogP contribution in [0.3, 0.4) is 0 Å². The van der Waals surface area contributed by atoms with Gasteiger partial charge in [0.15, 0.2) is 6.29 Å². The van der Waals surface area contributed by atoms with Crippen molar-refractivity contribution >= 4 is 6.16 Å². The van der Waals surface area contributed by atoms with Crippen LogP contribution >= 0.6 is 0 Å². The first-order chi connectivity index (χ1) is 11.0. The second-order valence-electron chi connectivity index (χ2n) is 4.79. The Morgan fingerprint density at radius 3 is 2.61 bits per heavy atom. The van der Waals surface area contributed by atoms with E-state index in [-0.39, 0.29) is 18.3 Å². The van der Waals surface area contributed by atoms with Gasteiger partial charge in [-0.1, -0.05) is 0 Å². The van der Waals surface area contributed by atoms with Crippen LogP contribution in [-0.4, -0.2) is 71.0 Å². The van der Waals surface area contributed by atoms with E-state index in [2.05, 4.69) is 9.47 Å². The average Bonchev–Trinajstić information content (AvgIpc) is 2.99. The maximum absolute atomic E-state index is 10.9. The summed E-state index contributed by atoms with van der Waals surface area (Å²) in [6, 6.07) is 2.82. The topological polar surface area (TPSA) is 148 Å². The van der Waals surface area contributed by atoms with Gasteiger partial charge in [0.25, 0.3) is 5.95 Å². The quantitative estimate of drug-likeness (QED) is 0.481. The standard InChI is InChI=1S/C13H18O10/c1-19-13(18)23-8-3-2-6(21-8)5-20-12-11(17)10(16)9(15)7(4-14)22-12/h2-3,7,9-12,14-17H,4-5H2,1H3/t7-,9-,10+,11-,12+/m1/s1. The van der Waals surface area contributed by atoms with Crippen LogP contribution in [0.25, 0.3) is 0 Å². The van der Waals surface area contributed by atoms with Crippen molar-refractivity contribution < 1.29 is 48.6 Å². The molecule has 2 heterocycles. The number of carbonyl (C=O) groups is 1. The Morgan fingerprint density at radius 1 is 1.22 bits per heavy atom. The molecule has 0 bridgehead atoms. The molecular formula is C13H18O10. The molecule has 5 atom stereocenters. The first kappa shape index (κ1) is 17.7. The summed E-state index contributed by atoms with van der Waals surface area (Å²) in [4.78, 5) is 10.9. The van der Waals surface area contributed by atoms with E-state index in [4.69, 9.17) is 19.0 Å². The van der Waals surface area contributed by atoms with Crippen molar-refractivity contribution in [3.63, 3.8) is 0 Å². The fraction of sp³-hybridized carbons (Fsp3) is 0.615. The van der Waals surface area contributed by atoms with Gasteiger partial charge >= 0.3 is 6.16 Å². The molecule has 2 rings (SSSR count). The first-order valence-electron chi connectivity index (χ1n) is 6.73. The van der Waals surface area contributed by atoms with Gasteiger partial charge < -0.3 is 43.8 Å². The highest BCUT2D eigenvalue weighted by atomic mass is 16.8. The molecule has 0 aromatic carbocycles. The molecule has 1 aliphatic heterocycles. The summed E-state index contributed by atoms with van der Waals surface area (Å²) in [6.07, 6.45) is -7.78. The van der Waals surface area contributed by atoms with Gasteiger partial charge in [0.2, 0.25) is 0 Å². The molecule has 1 aliphatic rings. The lowest BCUT2D eigenvalue weighted by Crippen LogP contribution is -2.59. The lowest BCUT2D eigenvalue weighted by Gasteiger charge is -2.39. The van der Waals surface area contributed by atoms with Crippen LogP contribution in [0.1, 0.15) is 5.76 Å². The number of rotatable bonds is 5. The fourth-order valence-corrected chi connectivity index (χ4v) is 1.98. The van der Waals surface area contributed by atoms with E-state index in [0.29, 0.717) is 0 Å². The molecule has 23 heavy (non-hydrogen) atoms. The largest absolute Gasteiger partial charge is 0.516 e. The van der Waals surface area contributed by atoms with Crippen molar-refractivity contribution in [3.8, 4) is 5.95 Å². The normalized spacial score (nSPS) is 30.9. The number of carbonyl (C=O) groups excluding carboxylic acids is 1. The zero-order valence-electron chi connectivity index (χ0n) is 12.2. The van der Waals surface area contributed by atoms with Crippen molar-refractivity contribution in [1.82, 2.24) is 0 Å². The second-order valence-corrected chi connectivity index (χ2v) is 4.79. The van der Waals surface area contributed by atoms with Crippen molar-refractivity contribution in [2.75, 3.05) is 13.7 Å². The summed E-state index contributed by atoms with van der Waals surface area (Å²) < 4.78 is 24.5. The maximum Gasteiger partial charge on any atom is 0.516 e. The fourth-order valence-electron chi connectivity index (χ4n) is 1.98. The SMILES string of the molecule is COC(=O)Oc1ccc(CO[C@H]2O[C@H](CO)[C@@H](O)[C@H](O)[C@H]2O)o1. The van der Waals surface area contributed by atoms with E-state index in [9.17, 15) is 20.1 Å². The zero-order valence-corrected chi connectivity index (χ0v) is 12.2. The Morgan fingerprint density at radius 2 is 1.96 bits per heavy atom. The van der Waals surface area contributed by atoms with Gasteiger partial charge in [-0.3, -0.25) is 0 Å². The number of methoxy groups -OCH3 is 1.